The number of hydrogen-bond donors (Lipinski definition) is 0. The highest BCUT2D eigenvalue weighted by Gasteiger charge is 2.28. The molecule has 0 aromatic carbocycles. The standard InChI is InChI=1S/C16H29NO2S/c1-16(2,3)19-15(18)17-11-9-14(10-12-17)20-13-7-5-4-6-8-13/h13-14H,4-12H2,1-3H3. The van der Waals surface area contributed by atoms with Gasteiger partial charge in [0.05, 0.1) is 0 Å². The van der Waals surface area contributed by atoms with Crippen LogP contribution < -0.4 is 0 Å². The average Bonchev–Trinajstić information content (AvgIpc) is 2.39. The molecule has 1 aliphatic heterocycles. The summed E-state index contributed by atoms with van der Waals surface area (Å²) in [6, 6.07) is 0. The van der Waals surface area contributed by atoms with Crippen molar-refractivity contribution >= 4 is 17.9 Å². The number of ether oxygens (including phenoxy) is 1. The molecule has 0 aromatic rings. The first kappa shape index (κ1) is 16.0. The summed E-state index contributed by atoms with van der Waals surface area (Å²) in [5.74, 6) is 0. The Hall–Kier alpha value is -0.380. The zero-order valence-corrected chi connectivity index (χ0v) is 14.0. The highest BCUT2D eigenvalue weighted by atomic mass is 32.2. The van der Waals surface area contributed by atoms with Crippen molar-refractivity contribution in [3.63, 3.8) is 0 Å². The van der Waals surface area contributed by atoms with Gasteiger partial charge in [-0.05, 0) is 46.5 Å². The molecule has 2 aliphatic rings. The van der Waals surface area contributed by atoms with E-state index in [1.807, 2.05) is 25.7 Å². The first-order valence-corrected chi connectivity index (χ1v) is 9.02. The Morgan fingerprint density at radius 1 is 1.00 bits per heavy atom. The minimum absolute atomic E-state index is 0.140. The fraction of sp³-hybridized carbons (Fsp3) is 0.938. The molecule has 0 spiro atoms. The molecule has 4 heteroatoms. The predicted octanol–water partition coefficient (Wildman–Crippen LogP) is 4.45. The van der Waals surface area contributed by atoms with Crippen LogP contribution in [0.1, 0.15) is 65.7 Å². The normalized spacial score (nSPS) is 22.9. The highest BCUT2D eigenvalue weighted by Crippen LogP contribution is 2.35. The van der Waals surface area contributed by atoms with Gasteiger partial charge in [-0.3, -0.25) is 0 Å². The summed E-state index contributed by atoms with van der Waals surface area (Å²) in [7, 11) is 0. The van der Waals surface area contributed by atoms with E-state index in [9.17, 15) is 4.79 Å². The molecule has 0 unspecified atom stereocenters. The number of carbonyl (C=O) groups is 1. The zero-order chi connectivity index (χ0) is 14.6. The summed E-state index contributed by atoms with van der Waals surface area (Å²) < 4.78 is 5.44. The van der Waals surface area contributed by atoms with Gasteiger partial charge in [0, 0.05) is 23.6 Å². The number of hydrogen-bond acceptors (Lipinski definition) is 3. The number of carbonyl (C=O) groups excluding carboxylic acids is 1. The van der Waals surface area contributed by atoms with Gasteiger partial charge < -0.3 is 9.64 Å². The van der Waals surface area contributed by atoms with Crippen LogP contribution >= 0.6 is 11.8 Å². The van der Waals surface area contributed by atoms with Gasteiger partial charge in [0.2, 0.25) is 0 Å². The number of piperidine rings is 1. The molecule has 0 N–H and O–H groups in total. The monoisotopic (exact) mass is 299 g/mol. The molecule has 116 valence electrons. The lowest BCUT2D eigenvalue weighted by atomic mass is 10.0. The molecular weight excluding hydrogens is 270 g/mol. The first-order chi connectivity index (χ1) is 9.44. The van der Waals surface area contributed by atoms with Gasteiger partial charge in [0.25, 0.3) is 0 Å². The van der Waals surface area contributed by atoms with Gasteiger partial charge in [-0.1, -0.05) is 19.3 Å². The quantitative estimate of drug-likeness (QED) is 0.754. The second-order valence-corrected chi connectivity index (χ2v) is 8.67. The van der Waals surface area contributed by atoms with Crippen molar-refractivity contribution < 1.29 is 9.53 Å². The third-order valence-electron chi connectivity index (χ3n) is 4.03. The molecule has 3 nitrogen and oxygen atoms in total. The largest absolute Gasteiger partial charge is 0.444 e. The summed E-state index contributed by atoms with van der Waals surface area (Å²) in [4.78, 5) is 13.9. The van der Waals surface area contributed by atoms with Crippen LogP contribution in [0.5, 0.6) is 0 Å². The van der Waals surface area contributed by atoms with E-state index >= 15 is 0 Å². The van der Waals surface area contributed by atoms with Crippen LogP contribution in [0.25, 0.3) is 0 Å². The molecule has 0 aromatic heterocycles. The Morgan fingerprint density at radius 3 is 2.10 bits per heavy atom. The molecule has 0 atom stereocenters. The number of rotatable bonds is 2. The van der Waals surface area contributed by atoms with Crippen molar-refractivity contribution in [1.82, 2.24) is 4.90 Å². The van der Waals surface area contributed by atoms with E-state index in [4.69, 9.17) is 4.74 Å². The first-order valence-electron chi connectivity index (χ1n) is 8.07. The Labute approximate surface area is 127 Å². The van der Waals surface area contributed by atoms with Crippen LogP contribution in [0.2, 0.25) is 0 Å². The average molecular weight is 299 g/mol. The molecule has 0 radical (unpaired) electrons. The molecule has 20 heavy (non-hydrogen) atoms. The van der Waals surface area contributed by atoms with Gasteiger partial charge in [-0.2, -0.15) is 11.8 Å². The van der Waals surface area contributed by atoms with Crippen molar-refractivity contribution in [3.8, 4) is 0 Å². The third kappa shape index (κ3) is 5.19. The number of thioether (sulfide) groups is 1. The lowest BCUT2D eigenvalue weighted by molar-refractivity contribution is 0.0219. The summed E-state index contributed by atoms with van der Waals surface area (Å²) in [6.45, 7) is 7.50. The Morgan fingerprint density at radius 2 is 1.55 bits per heavy atom. The highest BCUT2D eigenvalue weighted by molar-refractivity contribution is 8.00. The SMILES string of the molecule is CC(C)(C)OC(=O)N1CCC(SC2CCCCC2)CC1. The van der Waals surface area contributed by atoms with Crippen molar-refractivity contribution in [2.24, 2.45) is 0 Å². The van der Waals surface area contributed by atoms with Gasteiger partial charge in [-0.15, -0.1) is 0 Å². The molecule has 1 aliphatic carbocycles. The van der Waals surface area contributed by atoms with Crippen molar-refractivity contribution in [3.05, 3.63) is 0 Å². The van der Waals surface area contributed by atoms with E-state index in [0.29, 0.717) is 0 Å². The predicted molar refractivity (Wildman–Crippen MR) is 85.3 cm³/mol. The topological polar surface area (TPSA) is 29.5 Å². The van der Waals surface area contributed by atoms with Crippen LogP contribution in [0.4, 0.5) is 4.79 Å². The third-order valence-corrected chi connectivity index (χ3v) is 5.74. The molecule has 0 bridgehead atoms. The fourth-order valence-electron chi connectivity index (χ4n) is 2.97. The van der Waals surface area contributed by atoms with E-state index in [1.54, 1.807) is 0 Å². The Kier molecular flexibility index (Phi) is 5.65. The van der Waals surface area contributed by atoms with Crippen molar-refractivity contribution in [2.45, 2.75) is 81.8 Å². The number of nitrogens with zero attached hydrogens (tertiary/aromatic N) is 1. The molecule has 1 amide bonds. The van der Waals surface area contributed by atoms with Gasteiger partial charge in [0.1, 0.15) is 5.60 Å². The lowest BCUT2D eigenvalue weighted by Crippen LogP contribution is -2.42. The maximum atomic E-state index is 12.0. The van der Waals surface area contributed by atoms with Crippen molar-refractivity contribution in [1.29, 1.82) is 0 Å². The Balaban J connectivity index is 1.70. The molecule has 2 fully saturated rings. The van der Waals surface area contributed by atoms with E-state index in [1.165, 1.54) is 32.1 Å². The van der Waals surface area contributed by atoms with Gasteiger partial charge in [0.15, 0.2) is 0 Å². The molecule has 1 saturated heterocycles. The summed E-state index contributed by atoms with van der Waals surface area (Å²) in [6.07, 6.45) is 9.16. The van der Waals surface area contributed by atoms with E-state index in [0.717, 1.165) is 36.4 Å². The van der Waals surface area contributed by atoms with E-state index < -0.39 is 0 Å². The second kappa shape index (κ2) is 7.06. The zero-order valence-electron chi connectivity index (χ0n) is 13.2. The van der Waals surface area contributed by atoms with Crippen LogP contribution in [0, 0.1) is 0 Å². The number of amides is 1. The molecule has 2 rings (SSSR count). The van der Waals surface area contributed by atoms with Gasteiger partial charge in [-0.25, -0.2) is 4.79 Å². The van der Waals surface area contributed by atoms with Crippen LogP contribution in [0.3, 0.4) is 0 Å². The number of likely N-dealkylation sites (tertiary alicyclic amines) is 1. The maximum absolute atomic E-state index is 12.0. The second-order valence-electron chi connectivity index (χ2n) is 7.06. The summed E-state index contributed by atoms with van der Waals surface area (Å²) in [5.41, 5.74) is -0.384. The van der Waals surface area contributed by atoms with Crippen LogP contribution in [-0.2, 0) is 4.74 Å². The Bertz CT molecular complexity index is 313. The van der Waals surface area contributed by atoms with Crippen molar-refractivity contribution in [2.75, 3.05) is 13.1 Å². The molecule has 1 heterocycles. The fourth-order valence-corrected chi connectivity index (χ4v) is 4.61. The van der Waals surface area contributed by atoms with E-state index in [2.05, 4.69) is 11.8 Å². The maximum Gasteiger partial charge on any atom is 0.410 e. The van der Waals surface area contributed by atoms with Crippen LogP contribution in [-0.4, -0.2) is 40.2 Å². The summed E-state index contributed by atoms with van der Waals surface area (Å²) >= 11 is 2.19. The molecular formula is C16H29NO2S. The smallest absolute Gasteiger partial charge is 0.410 e. The van der Waals surface area contributed by atoms with Crippen LogP contribution in [0.15, 0.2) is 0 Å². The van der Waals surface area contributed by atoms with E-state index in [-0.39, 0.29) is 11.7 Å². The minimum atomic E-state index is -0.384. The van der Waals surface area contributed by atoms with Gasteiger partial charge >= 0.3 is 6.09 Å². The lowest BCUT2D eigenvalue weighted by Gasteiger charge is -2.35. The minimum Gasteiger partial charge on any atom is -0.444 e. The summed E-state index contributed by atoms with van der Waals surface area (Å²) in [5, 5.41) is 1.62. The molecule has 1 saturated carbocycles.